The van der Waals surface area contributed by atoms with Crippen LogP contribution in [0.1, 0.15) is 29.0 Å². The lowest BCUT2D eigenvalue weighted by Gasteiger charge is -2.32. The summed E-state index contributed by atoms with van der Waals surface area (Å²) in [6.45, 7) is 4.61. The first-order chi connectivity index (χ1) is 11.1. The Morgan fingerprint density at radius 2 is 2.13 bits per heavy atom. The van der Waals surface area contributed by atoms with Crippen LogP contribution in [0.25, 0.3) is 0 Å². The SMILES string of the molecule is Cc1cc(F)cc(CN2CCC(Nc3nnc(C#N)s3)CC2)c1. The summed E-state index contributed by atoms with van der Waals surface area (Å²) in [5.41, 5.74) is 1.98. The number of aryl methyl sites for hydroxylation is 1. The van der Waals surface area contributed by atoms with E-state index in [1.54, 1.807) is 12.1 Å². The summed E-state index contributed by atoms with van der Waals surface area (Å²) < 4.78 is 13.5. The second-order valence-corrected chi connectivity index (χ2v) is 6.83. The molecule has 1 aromatic carbocycles. The average molecular weight is 331 g/mol. The number of benzene rings is 1. The van der Waals surface area contributed by atoms with Gasteiger partial charge in [-0.15, -0.1) is 10.2 Å². The number of halogens is 1. The molecule has 1 fully saturated rings. The average Bonchev–Trinajstić information content (AvgIpc) is 2.96. The minimum Gasteiger partial charge on any atom is -0.357 e. The molecule has 0 spiro atoms. The van der Waals surface area contributed by atoms with Crippen LogP contribution in [-0.2, 0) is 6.54 Å². The predicted octanol–water partition coefficient (Wildman–Crippen LogP) is 2.93. The van der Waals surface area contributed by atoms with Gasteiger partial charge in [-0.1, -0.05) is 17.4 Å². The number of aromatic nitrogens is 2. The van der Waals surface area contributed by atoms with Crippen LogP contribution in [0.4, 0.5) is 9.52 Å². The van der Waals surface area contributed by atoms with Crippen LogP contribution in [0.3, 0.4) is 0 Å². The zero-order valence-corrected chi connectivity index (χ0v) is 13.7. The van der Waals surface area contributed by atoms with Crippen molar-refractivity contribution < 1.29 is 4.39 Å². The quantitative estimate of drug-likeness (QED) is 0.933. The molecule has 0 atom stereocenters. The second-order valence-electron chi connectivity index (χ2n) is 5.86. The van der Waals surface area contributed by atoms with Crippen molar-refractivity contribution in [3.63, 3.8) is 0 Å². The molecule has 2 aromatic rings. The Morgan fingerprint density at radius 1 is 1.35 bits per heavy atom. The third kappa shape index (κ3) is 4.24. The van der Waals surface area contributed by atoms with E-state index >= 15 is 0 Å². The number of rotatable bonds is 4. The van der Waals surface area contributed by atoms with E-state index in [9.17, 15) is 4.39 Å². The first kappa shape index (κ1) is 15.8. The van der Waals surface area contributed by atoms with Crippen LogP contribution >= 0.6 is 11.3 Å². The summed E-state index contributed by atoms with van der Waals surface area (Å²) >= 11 is 1.28. The van der Waals surface area contributed by atoms with E-state index in [1.807, 2.05) is 19.1 Å². The molecule has 7 heteroatoms. The van der Waals surface area contributed by atoms with Gasteiger partial charge in [-0.05, 0) is 43.0 Å². The van der Waals surface area contributed by atoms with E-state index in [1.165, 1.54) is 11.3 Å². The van der Waals surface area contributed by atoms with Gasteiger partial charge in [0.05, 0.1) is 0 Å². The van der Waals surface area contributed by atoms with Crippen molar-refractivity contribution >= 4 is 16.5 Å². The van der Waals surface area contributed by atoms with Gasteiger partial charge >= 0.3 is 0 Å². The highest BCUT2D eigenvalue weighted by Crippen LogP contribution is 2.21. The fourth-order valence-corrected chi connectivity index (χ4v) is 3.52. The van der Waals surface area contributed by atoms with E-state index < -0.39 is 0 Å². The Balaban J connectivity index is 1.51. The summed E-state index contributed by atoms with van der Waals surface area (Å²) in [7, 11) is 0. The number of anilines is 1. The number of nitrogens with zero attached hydrogens (tertiary/aromatic N) is 4. The molecule has 1 saturated heterocycles. The first-order valence-electron chi connectivity index (χ1n) is 7.61. The van der Waals surface area contributed by atoms with Gasteiger partial charge in [0, 0.05) is 25.7 Å². The van der Waals surface area contributed by atoms with E-state index in [-0.39, 0.29) is 5.82 Å². The van der Waals surface area contributed by atoms with Crippen molar-refractivity contribution in [1.29, 1.82) is 5.26 Å². The highest BCUT2D eigenvalue weighted by atomic mass is 32.1. The molecule has 0 aliphatic carbocycles. The van der Waals surface area contributed by atoms with Crippen molar-refractivity contribution in [2.45, 2.75) is 32.4 Å². The van der Waals surface area contributed by atoms with Crippen LogP contribution in [-0.4, -0.2) is 34.2 Å². The molecule has 0 bridgehead atoms. The van der Waals surface area contributed by atoms with Gasteiger partial charge < -0.3 is 5.32 Å². The van der Waals surface area contributed by atoms with Crippen molar-refractivity contribution in [2.75, 3.05) is 18.4 Å². The Hall–Kier alpha value is -2.04. The molecule has 2 heterocycles. The first-order valence-corrected chi connectivity index (χ1v) is 8.42. The van der Waals surface area contributed by atoms with Gasteiger partial charge in [-0.25, -0.2) is 4.39 Å². The second kappa shape index (κ2) is 7.02. The Bertz CT molecular complexity index is 695. The fraction of sp³-hybridized carbons (Fsp3) is 0.438. The largest absolute Gasteiger partial charge is 0.357 e. The number of nitrogens with one attached hydrogen (secondary N) is 1. The molecule has 1 N–H and O–H groups in total. The molecule has 5 nitrogen and oxygen atoms in total. The number of hydrogen-bond acceptors (Lipinski definition) is 6. The molecule has 0 saturated carbocycles. The monoisotopic (exact) mass is 331 g/mol. The van der Waals surface area contributed by atoms with Crippen molar-refractivity contribution in [1.82, 2.24) is 15.1 Å². The summed E-state index contributed by atoms with van der Waals surface area (Å²) in [4.78, 5) is 2.34. The van der Waals surface area contributed by atoms with Gasteiger partial charge in [0.2, 0.25) is 10.1 Å². The molecule has 1 aliphatic heterocycles. The van der Waals surface area contributed by atoms with Gasteiger partial charge in [0.1, 0.15) is 11.9 Å². The molecule has 23 heavy (non-hydrogen) atoms. The van der Waals surface area contributed by atoms with E-state index in [0.29, 0.717) is 16.2 Å². The van der Waals surface area contributed by atoms with Gasteiger partial charge in [-0.3, -0.25) is 4.90 Å². The molecule has 1 aromatic heterocycles. The molecule has 3 rings (SSSR count). The topological polar surface area (TPSA) is 64.8 Å². The minimum absolute atomic E-state index is 0.166. The number of piperidine rings is 1. The van der Waals surface area contributed by atoms with Crippen LogP contribution in [0.2, 0.25) is 0 Å². The third-order valence-electron chi connectivity index (χ3n) is 3.94. The maximum Gasteiger partial charge on any atom is 0.219 e. The van der Waals surface area contributed by atoms with Crippen molar-refractivity contribution in [2.24, 2.45) is 0 Å². The zero-order valence-electron chi connectivity index (χ0n) is 12.9. The predicted molar refractivity (Wildman–Crippen MR) is 87.7 cm³/mol. The lowest BCUT2D eigenvalue weighted by atomic mass is 10.0. The van der Waals surface area contributed by atoms with Crippen LogP contribution < -0.4 is 5.32 Å². The van der Waals surface area contributed by atoms with E-state index in [2.05, 4.69) is 20.4 Å². The molecule has 0 unspecified atom stereocenters. The molecular weight excluding hydrogens is 313 g/mol. The number of hydrogen-bond donors (Lipinski definition) is 1. The summed E-state index contributed by atoms with van der Waals surface area (Å²) in [6, 6.07) is 7.55. The van der Waals surface area contributed by atoms with Gasteiger partial charge in [-0.2, -0.15) is 5.26 Å². The highest BCUT2D eigenvalue weighted by molar-refractivity contribution is 7.15. The highest BCUT2D eigenvalue weighted by Gasteiger charge is 2.20. The standard InChI is InChI=1S/C16H18FN5S/c1-11-6-12(8-13(17)7-11)10-22-4-2-14(3-5-22)19-16-21-20-15(9-18)23-16/h6-8,14H,2-5,10H2,1H3,(H,19,21). The lowest BCUT2D eigenvalue weighted by molar-refractivity contribution is 0.211. The van der Waals surface area contributed by atoms with E-state index in [0.717, 1.165) is 43.6 Å². The van der Waals surface area contributed by atoms with Crippen molar-refractivity contribution in [3.05, 3.63) is 40.2 Å². The maximum atomic E-state index is 13.5. The van der Waals surface area contributed by atoms with E-state index in [4.69, 9.17) is 5.26 Å². The van der Waals surface area contributed by atoms with Crippen LogP contribution in [0.5, 0.6) is 0 Å². The van der Waals surface area contributed by atoms with Crippen LogP contribution in [0, 0.1) is 24.1 Å². The van der Waals surface area contributed by atoms with Crippen LogP contribution in [0.15, 0.2) is 18.2 Å². The smallest absolute Gasteiger partial charge is 0.219 e. The molecule has 1 aliphatic rings. The number of nitriles is 1. The molecule has 0 amide bonds. The maximum absolute atomic E-state index is 13.5. The summed E-state index contributed by atoms with van der Waals surface area (Å²) in [5.74, 6) is -0.166. The zero-order chi connectivity index (χ0) is 16.2. The number of likely N-dealkylation sites (tertiary alicyclic amines) is 1. The summed E-state index contributed by atoms with van der Waals surface area (Å²) in [5, 5.41) is 21.0. The minimum atomic E-state index is -0.166. The fourth-order valence-electron chi connectivity index (χ4n) is 2.90. The summed E-state index contributed by atoms with van der Waals surface area (Å²) in [6.07, 6.45) is 1.99. The normalized spacial score (nSPS) is 16.2. The Labute approximate surface area is 138 Å². The molecule has 120 valence electrons. The molecular formula is C16H18FN5S. The molecule has 0 radical (unpaired) electrons. The van der Waals surface area contributed by atoms with Gasteiger partial charge in [0.25, 0.3) is 0 Å². The Morgan fingerprint density at radius 3 is 2.78 bits per heavy atom. The Kier molecular flexibility index (Phi) is 4.84. The van der Waals surface area contributed by atoms with Crippen molar-refractivity contribution in [3.8, 4) is 6.07 Å². The third-order valence-corrected chi connectivity index (χ3v) is 4.70. The lowest BCUT2D eigenvalue weighted by Crippen LogP contribution is -2.38. The van der Waals surface area contributed by atoms with Gasteiger partial charge in [0.15, 0.2) is 0 Å².